The fourth-order valence-electron chi connectivity index (χ4n) is 2.94. The van der Waals surface area contributed by atoms with Crippen molar-refractivity contribution in [3.05, 3.63) is 48.5 Å². The van der Waals surface area contributed by atoms with Crippen LogP contribution in [0.3, 0.4) is 0 Å². The van der Waals surface area contributed by atoms with Gasteiger partial charge in [0.15, 0.2) is 0 Å². The number of carbonyl (C=O) groups is 1. The largest absolute Gasteiger partial charge is 0.491 e. The maximum Gasteiger partial charge on any atom is 0.243 e. The van der Waals surface area contributed by atoms with Crippen molar-refractivity contribution in [1.82, 2.24) is 0 Å². The predicted octanol–water partition coefficient (Wildman–Crippen LogP) is 4.08. The van der Waals surface area contributed by atoms with Gasteiger partial charge >= 0.3 is 0 Å². The smallest absolute Gasteiger partial charge is 0.243 e. The molecule has 1 amide bonds. The van der Waals surface area contributed by atoms with Gasteiger partial charge in [-0.25, -0.2) is 0 Å². The number of rotatable bonds is 9. The Balaban J connectivity index is 1.43. The highest BCUT2D eigenvalue weighted by molar-refractivity contribution is 5.93. The number of ether oxygens (including phenoxy) is 3. The molecule has 150 valence electrons. The lowest BCUT2D eigenvalue weighted by atomic mass is 10.2. The molecule has 1 aliphatic heterocycles. The van der Waals surface area contributed by atoms with Gasteiger partial charge in [-0.15, -0.1) is 0 Å². The molecule has 0 radical (unpaired) electrons. The lowest BCUT2D eigenvalue weighted by molar-refractivity contribution is -0.114. The molecular weight excluding hydrogens is 356 g/mol. The summed E-state index contributed by atoms with van der Waals surface area (Å²) in [7, 11) is 0. The number of nitrogens with one attached hydrogen (secondary N) is 2. The van der Waals surface area contributed by atoms with E-state index < -0.39 is 0 Å². The average molecular weight is 384 g/mol. The van der Waals surface area contributed by atoms with Gasteiger partial charge in [-0.2, -0.15) is 0 Å². The Morgan fingerprint density at radius 3 is 2.68 bits per heavy atom. The van der Waals surface area contributed by atoms with Gasteiger partial charge in [0.05, 0.1) is 18.8 Å². The third-order valence-corrected chi connectivity index (χ3v) is 4.26. The Kier molecular flexibility index (Phi) is 7.14. The Hall–Kier alpha value is -2.73. The first kappa shape index (κ1) is 20.0. The highest BCUT2D eigenvalue weighted by Crippen LogP contribution is 2.20. The van der Waals surface area contributed by atoms with Crippen molar-refractivity contribution < 1.29 is 19.0 Å². The second-order valence-corrected chi connectivity index (χ2v) is 7.07. The Labute approximate surface area is 166 Å². The molecule has 2 aromatic carbocycles. The zero-order valence-electron chi connectivity index (χ0n) is 16.4. The van der Waals surface area contributed by atoms with E-state index in [1.54, 1.807) is 0 Å². The van der Waals surface area contributed by atoms with Crippen molar-refractivity contribution in [3.63, 3.8) is 0 Å². The molecule has 3 rings (SSSR count). The molecule has 0 spiro atoms. The third kappa shape index (κ3) is 6.46. The maximum atomic E-state index is 12.2. The second kappa shape index (κ2) is 9.99. The molecule has 1 unspecified atom stereocenters. The van der Waals surface area contributed by atoms with Crippen molar-refractivity contribution in [2.75, 3.05) is 30.4 Å². The van der Waals surface area contributed by atoms with Crippen LogP contribution in [0.5, 0.6) is 11.5 Å². The van der Waals surface area contributed by atoms with Gasteiger partial charge in [0, 0.05) is 24.0 Å². The molecule has 6 heteroatoms. The van der Waals surface area contributed by atoms with Crippen molar-refractivity contribution >= 4 is 17.3 Å². The van der Waals surface area contributed by atoms with Crippen LogP contribution in [0.4, 0.5) is 11.4 Å². The zero-order chi connectivity index (χ0) is 19.8. The fraction of sp³-hybridized carbons (Fsp3) is 0.409. The van der Waals surface area contributed by atoms with E-state index in [0.717, 1.165) is 42.3 Å². The first-order valence-electron chi connectivity index (χ1n) is 9.73. The highest BCUT2D eigenvalue weighted by atomic mass is 16.5. The van der Waals surface area contributed by atoms with Crippen LogP contribution in [-0.4, -0.2) is 37.9 Å². The molecule has 0 aliphatic carbocycles. The van der Waals surface area contributed by atoms with Crippen LogP contribution in [0.15, 0.2) is 48.5 Å². The van der Waals surface area contributed by atoms with Crippen LogP contribution >= 0.6 is 0 Å². The van der Waals surface area contributed by atoms with Gasteiger partial charge < -0.3 is 24.8 Å². The monoisotopic (exact) mass is 384 g/mol. The molecule has 28 heavy (non-hydrogen) atoms. The summed E-state index contributed by atoms with van der Waals surface area (Å²) in [5.74, 6) is 1.43. The van der Waals surface area contributed by atoms with Crippen LogP contribution in [0.25, 0.3) is 0 Å². The number of hydrogen-bond acceptors (Lipinski definition) is 5. The minimum atomic E-state index is -0.122. The molecule has 1 aliphatic rings. The summed E-state index contributed by atoms with van der Waals surface area (Å²) >= 11 is 0. The van der Waals surface area contributed by atoms with E-state index in [4.69, 9.17) is 14.2 Å². The maximum absolute atomic E-state index is 12.2. The molecule has 0 saturated carbocycles. The highest BCUT2D eigenvalue weighted by Gasteiger charge is 2.15. The van der Waals surface area contributed by atoms with Crippen LogP contribution in [0.1, 0.15) is 26.7 Å². The first-order chi connectivity index (χ1) is 13.6. The summed E-state index contributed by atoms with van der Waals surface area (Å²) in [4.78, 5) is 12.2. The minimum Gasteiger partial charge on any atom is -0.491 e. The molecule has 1 fully saturated rings. The van der Waals surface area contributed by atoms with Gasteiger partial charge in [0.2, 0.25) is 5.91 Å². The van der Waals surface area contributed by atoms with Gasteiger partial charge in [-0.3, -0.25) is 4.79 Å². The summed E-state index contributed by atoms with van der Waals surface area (Å²) in [6, 6.07) is 14.9. The predicted molar refractivity (Wildman–Crippen MR) is 110 cm³/mol. The first-order valence-corrected chi connectivity index (χ1v) is 9.73. The molecule has 6 nitrogen and oxygen atoms in total. The SMILES string of the molecule is CC(C)Oc1cccc(NCC(=O)Nc2ccc(OCC3CCCO3)cc2)c1. The standard InChI is InChI=1S/C22H28N2O4/c1-16(2)28-20-6-3-5-18(13-20)23-14-22(25)24-17-8-10-19(11-9-17)27-15-21-7-4-12-26-21/h3,5-6,8-11,13,16,21,23H,4,7,12,14-15H2,1-2H3,(H,24,25). The topological polar surface area (TPSA) is 68.8 Å². The number of amides is 1. The minimum absolute atomic E-state index is 0.108. The molecule has 2 N–H and O–H groups in total. The Bertz CT molecular complexity index is 755. The molecule has 1 heterocycles. The fourth-order valence-corrected chi connectivity index (χ4v) is 2.94. The number of anilines is 2. The summed E-state index contributed by atoms with van der Waals surface area (Å²) in [6.07, 6.45) is 2.45. The molecular formula is C22H28N2O4. The van der Waals surface area contributed by atoms with Crippen LogP contribution in [0, 0.1) is 0 Å². The zero-order valence-corrected chi connectivity index (χ0v) is 16.4. The van der Waals surface area contributed by atoms with Gasteiger partial charge in [-0.1, -0.05) is 6.07 Å². The molecule has 2 aromatic rings. The average Bonchev–Trinajstić information content (AvgIpc) is 3.19. The quantitative estimate of drug-likeness (QED) is 0.682. The van der Waals surface area contributed by atoms with Crippen LogP contribution in [-0.2, 0) is 9.53 Å². The molecule has 1 atom stereocenters. The van der Waals surface area contributed by atoms with Gasteiger partial charge in [0.1, 0.15) is 18.1 Å². The molecule has 1 saturated heterocycles. The van der Waals surface area contributed by atoms with E-state index in [9.17, 15) is 4.79 Å². The van der Waals surface area contributed by atoms with E-state index in [1.165, 1.54) is 0 Å². The number of carbonyl (C=O) groups excluding carboxylic acids is 1. The van der Waals surface area contributed by atoms with Crippen molar-refractivity contribution in [1.29, 1.82) is 0 Å². The number of hydrogen-bond donors (Lipinski definition) is 2. The van der Waals surface area contributed by atoms with E-state index >= 15 is 0 Å². The molecule has 0 bridgehead atoms. The summed E-state index contributed by atoms with van der Waals surface area (Å²) in [6.45, 7) is 5.51. The van der Waals surface area contributed by atoms with Gasteiger partial charge in [-0.05, 0) is 63.1 Å². The summed E-state index contributed by atoms with van der Waals surface area (Å²) in [5, 5.41) is 5.98. The van der Waals surface area contributed by atoms with E-state index in [0.29, 0.717) is 6.61 Å². The van der Waals surface area contributed by atoms with Crippen molar-refractivity contribution in [2.45, 2.75) is 38.9 Å². The summed E-state index contributed by atoms with van der Waals surface area (Å²) in [5.41, 5.74) is 1.57. The summed E-state index contributed by atoms with van der Waals surface area (Å²) < 4.78 is 16.9. The van der Waals surface area contributed by atoms with Crippen molar-refractivity contribution in [2.24, 2.45) is 0 Å². The van der Waals surface area contributed by atoms with Crippen LogP contribution < -0.4 is 20.1 Å². The van der Waals surface area contributed by atoms with Crippen LogP contribution in [0.2, 0.25) is 0 Å². The van der Waals surface area contributed by atoms with E-state index in [-0.39, 0.29) is 24.7 Å². The lowest BCUT2D eigenvalue weighted by Gasteiger charge is -2.13. The number of benzene rings is 2. The van der Waals surface area contributed by atoms with Crippen molar-refractivity contribution in [3.8, 4) is 11.5 Å². The normalized spacial score (nSPS) is 16.0. The Morgan fingerprint density at radius 2 is 1.96 bits per heavy atom. The van der Waals surface area contributed by atoms with Gasteiger partial charge in [0.25, 0.3) is 0 Å². The lowest BCUT2D eigenvalue weighted by Crippen LogP contribution is -2.21. The molecule has 0 aromatic heterocycles. The van der Waals surface area contributed by atoms with E-state index in [2.05, 4.69) is 10.6 Å². The van der Waals surface area contributed by atoms with E-state index in [1.807, 2.05) is 62.4 Å². The third-order valence-electron chi connectivity index (χ3n) is 4.26. The Morgan fingerprint density at radius 1 is 1.14 bits per heavy atom. The second-order valence-electron chi connectivity index (χ2n) is 7.07.